The van der Waals surface area contributed by atoms with Crippen molar-refractivity contribution >= 4 is 29.3 Å². The quantitative estimate of drug-likeness (QED) is 0.544. The molecule has 2 aromatic heterocycles. The van der Waals surface area contributed by atoms with Crippen molar-refractivity contribution in [2.24, 2.45) is 0 Å². The van der Waals surface area contributed by atoms with Gasteiger partial charge in [-0.1, -0.05) is 17.3 Å². The minimum atomic E-state index is -0.718. The highest BCUT2D eigenvalue weighted by Gasteiger charge is 2.39. The SMILES string of the molecule is Cc1cccnc1-c1cn(CC(=O)Nc2cccc3c2CN(C2CCC(=O)NC2=O)C3=O)nn1. The van der Waals surface area contributed by atoms with Crippen molar-refractivity contribution in [3.8, 4) is 11.4 Å². The van der Waals surface area contributed by atoms with E-state index in [1.165, 1.54) is 9.58 Å². The Hall–Kier alpha value is -4.41. The fraction of sp³-hybridized carbons (Fsp3) is 0.261. The van der Waals surface area contributed by atoms with Crippen LogP contribution in [0.15, 0.2) is 42.7 Å². The number of anilines is 1. The Kier molecular flexibility index (Phi) is 5.36. The maximum Gasteiger partial charge on any atom is 0.255 e. The van der Waals surface area contributed by atoms with Gasteiger partial charge in [0.05, 0.1) is 11.9 Å². The minimum absolute atomic E-state index is 0.0760. The second kappa shape index (κ2) is 8.50. The number of piperidine rings is 1. The number of hydrogen-bond acceptors (Lipinski definition) is 7. The van der Waals surface area contributed by atoms with Crippen molar-refractivity contribution in [1.29, 1.82) is 0 Å². The second-order valence-electron chi connectivity index (χ2n) is 8.25. The average molecular weight is 459 g/mol. The van der Waals surface area contributed by atoms with Gasteiger partial charge >= 0.3 is 0 Å². The highest BCUT2D eigenvalue weighted by Crippen LogP contribution is 2.32. The van der Waals surface area contributed by atoms with Gasteiger partial charge in [-0.25, -0.2) is 4.68 Å². The molecule has 0 spiro atoms. The first-order valence-electron chi connectivity index (χ1n) is 10.8. The molecule has 2 aliphatic heterocycles. The van der Waals surface area contributed by atoms with Crippen LogP contribution in [0, 0.1) is 6.92 Å². The highest BCUT2D eigenvalue weighted by molar-refractivity contribution is 6.06. The molecule has 5 rings (SSSR count). The van der Waals surface area contributed by atoms with E-state index in [-0.39, 0.29) is 43.7 Å². The molecule has 3 aromatic rings. The zero-order valence-electron chi connectivity index (χ0n) is 18.3. The number of nitrogens with zero attached hydrogens (tertiary/aromatic N) is 5. The number of benzene rings is 1. The number of aromatic nitrogens is 4. The van der Waals surface area contributed by atoms with E-state index in [9.17, 15) is 19.2 Å². The van der Waals surface area contributed by atoms with Gasteiger partial charge in [-0.05, 0) is 37.1 Å². The van der Waals surface area contributed by atoms with E-state index in [4.69, 9.17) is 0 Å². The Morgan fingerprint density at radius 1 is 1.21 bits per heavy atom. The summed E-state index contributed by atoms with van der Waals surface area (Å²) in [7, 11) is 0. The van der Waals surface area contributed by atoms with Crippen molar-refractivity contribution in [3.63, 3.8) is 0 Å². The topological polar surface area (TPSA) is 139 Å². The first kappa shape index (κ1) is 21.4. The molecule has 34 heavy (non-hydrogen) atoms. The van der Waals surface area contributed by atoms with Gasteiger partial charge in [-0.3, -0.25) is 29.5 Å². The molecule has 1 saturated heterocycles. The standard InChI is InChI=1S/C23H21N7O4/c1-13-4-3-9-24-21(13)17-11-29(28-27-17)12-20(32)25-16-6-2-5-14-15(16)10-30(23(14)34)18-7-8-19(31)26-22(18)33/h2-6,9,11,18H,7-8,10,12H2,1H3,(H,25,32)(H,26,31,33). The van der Waals surface area contributed by atoms with E-state index in [1.807, 2.05) is 19.1 Å². The highest BCUT2D eigenvalue weighted by atomic mass is 16.2. The maximum absolute atomic E-state index is 12.9. The molecule has 4 amide bonds. The summed E-state index contributed by atoms with van der Waals surface area (Å²) < 4.78 is 1.42. The fourth-order valence-corrected chi connectivity index (χ4v) is 4.28. The normalized spacial score (nSPS) is 17.5. The third-order valence-corrected chi connectivity index (χ3v) is 5.95. The van der Waals surface area contributed by atoms with E-state index < -0.39 is 11.9 Å². The lowest BCUT2D eigenvalue weighted by atomic mass is 10.0. The van der Waals surface area contributed by atoms with Crippen LogP contribution in [0.3, 0.4) is 0 Å². The second-order valence-corrected chi connectivity index (χ2v) is 8.25. The predicted molar refractivity (Wildman–Crippen MR) is 119 cm³/mol. The van der Waals surface area contributed by atoms with Gasteiger partial charge in [0.15, 0.2) is 0 Å². The Bertz CT molecular complexity index is 1330. The summed E-state index contributed by atoms with van der Waals surface area (Å²) in [5.74, 6) is -1.46. The molecule has 0 saturated carbocycles. The van der Waals surface area contributed by atoms with Crippen LogP contribution in [-0.2, 0) is 27.5 Å². The van der Waals surface area contributed by atoms with Crippen molar-refractivity contribution in [3.05, 3.63) is 59.4 Å². The minimum Gasteiger partial charge on any atom is -0.324 e. The third-order valence-electron chi connectivity index (χ3n) is 5.95. The number of fused-ring (bicyclic) bond motifs is 1. The molecule has 1 atom stereocenters. The van der Waals surface area contributed by atoms with Crippen LogP contribution in [0.4, 0.5) is 5.69 Å². The molecule has 11 nitrogen and oxygen atoms in total. The van der Waals surface area contributed by atoms with Crippen LogP contribution in [0.2, 0.25) is 0 Å². The Labute approximate surface area is 194 Å². The van der Waals surface area contributed by atoms with Crippen LogP contribution in [0.1, 0.15) is 34.3 Å². The molecule has 4 heterocycles. The van der Waals surface area contributed by atoms with E-state index in [0.717, 1.165) is 5.56 Å². The zero-order chi connectivity index (χ0) is 23.8. The molecule has 2 aliphatic rings. The van der Waals surface area contributed by atoms with E-state index in [2.05, 4.69) is 25.9 Å². The van der Waals surface area contributed by atoms with Crippen LogP contribution in [-0.4, -0.2) is 54.5 Å². The first-order chi connectivity index (χ1) is 16.4. The molecule has 1 aromatic carbocycles. The summed E-state index contributed by atoms with van der Waals surface area (Å²) in [6.07, 6.45) is 3.77. The summed E-state index contributed by atoms with van der Waals surface area (Å²) in [6.45, 7) is 2.01. The molecule has 0 radical (unpaired) electrons. The summed E-state index contributed by atoms with van der Waals surface area (Å²) in [5.41, 5.74) is 3.76. The number of amides is 4. The van der Waals surface area contributed by atoms with Gasteiger partial charge in [-0.15, -0.1) is 5.10 Å². The lowest BCUT2D eigenvalue weighted by molar-refractivity contribution is -0.137. The van der Waals surface area contributed by atoms with Gasteiger partial charge in [0, 0.05) is 36.0 Å². The van der Waals surface area contributed by atoms with E-state index in [1.54, 1.807) is 30.6 Å². The monoisotopic (exact) mass is 459 g/mol. The van der Waals surface area contributed by atoms with Gasteiger partial charge in [0.25, 0.3) is 5.91 Å². The number of imide groups is 1. The van der Waals surface area contributed by atoms with Crippen molar-refractivity contribution in [1.82, 2.24) is 30.2 Å². The number of carbonyl (C=O) groups is 4. The third kappa shape index (κ3) is 3.91. The number of rotatable bonds is 5. The Morgan fingerprint density at radius 2 is 2.06 bits per heavy atom. The van der Waals surface area contributed by atoms with E-state index in [0.29, 0.717) is 28.2 Å². The van der Waals surface area contributed by atoms with Crippen molar-refractivity contribution < 1.29 is 19.2 Å². The lowest BCUT2D eigenvalue weighted by Crippen LogP contribution is -2.52. The lowest BCUT2D eigenvalue weighted by Gasteiger charge is -2.29. The maximum atomic E-state index is 12.9. The summed E-state index contributed by atoms with van der Waals surface area (Å²) in [5, 5.41) is 13.2. The van der Waals surface area contributed by atoms with Gasteiger partial charge in [0.1, 0.15) is 18.3 Å². The molecule has 0 aliphatic carbocycles. The van der Waals surface area contributed by atoms with Gasteiger partial charge in [0.2, 0.25) is 17.7 Å². The number of aryl methyl sites for hydroxylation is 1. The van der Waals surface area contributed by atoms with Gasteiger partial charge in [-0.2, -0.15) is 0 Å². The molecule has 2 N–H and O–H groups in total. The van der Waals surface area contributed by atoms with Crippen molar-refractivity contribution in [2.75, 3.05) is 5.32 Å². The van der Waals surface area contributed by atoms with Gasteiger partial charge < -0.3 is 10.2 Å². The number of hydrogen-bond donors (Lipinski definition) is 2. The van der Waals surface area contributed by atoms with Crippen LogP contribution >= 0.6 is 0 Å². The Morgan fingerprint density at radius 3 is 2.85 bits per heavy atom. The number of nitrogens with one attached hydrogen (secondary N) is 2. The van der Waals surface area contributed by atoms with Crippen LogP contribution in [0.25, 0.3) is 11.4 Å². The number of pyridine rings is 1. The average Bonchev–Trinajstić information content (AvgIpc) is 3.39. The molecule has 1 fully saturated rings. The first-order valence-corrected chi connectivity index (χ1v) is 10.8. The summed E-state index contributed by atoms with van der Waals surface area (Å²) in [6, 6.07) is 8.09. The zero-order valence-corrected chi connectivity index (χ0v) is 18.3. The largest absolute Gasteiger partial charge is 0.324 e. The molecule has 0 bridgehead atoms. The summed E-state index contributed by atoms with van der Waals surface area (Å²) >= 11 is 0. The molecular weight excluding hydrogens is 438 g/mol. The summed E-state index contributed by atoms with van der Waals surface area (Å²) in [4.78, 5) is 55.1. The Balaban J connectivity index is 1.30. The smallest absolute Gasteiger partial charge is 0.255 e. The van der Waals surface area contributed by atoms with Crippen LogP contribution in [0.5, 0.6) is 0 Å². The molecule has 172 valence electrons. The molecular formula is C23H21N7O4. The van der Waals surface area contributed by atoms with Crippen molar-refractivity contribution in [2.45, 2.75) is 38.9 Å². The number of carbonyl (C=O) groups excluding carboxylic acids is 4. The van der Waals surface area contributed by atoms with Crippen LogP contribution < -0.4 is 10.6 Å². The van der Waals surface area contributed by atoms with E-state index >= 15 is 0 Å². The molecule has 11 heteroatoms. The predicted octanol–water partition coefficient (Wildman–Crippen LogP) is 1.05. The molecule has 1 unspecified atom stereocenters. The fourth-order valence-electron chi connectivity index (χ4n) is 4.28.